The minimum absolute atomic E-state index is 0.0763. The first-order chi connectivity index (χ1) is 13.0. The van der Waals surface area contributed by atoms with Crippen molar-refractivity contribution in [2.24, 2.45) is 5.92 Å². The van der Waals surface area contributed by atoms with E-state index in [1.165, 1.54) is 4.90 Å². The van der Waals surface area contributed by atoms with Crippen LogP contribution in [0.25, 0.3) is 0 Å². The van der Waals surface area contributed by atoms with E-state index in [0.29, 0.717) is 18.0 Å². The number of aromatic nitrogens is 1. The number of aromatic hydroxyl groups is 1. The summed E-state index contributed by atoms with van der Waals surface area (Å²) in [6, 6.07) is 9.93. The van der Waals surface area contributed by atoms with Gasteiger partial charge in [0.15, 0.2) is 0 Å². The van der Waals surface area contributed by atoms with Crippen molar-refractivity contribution < 1.29 is 5.11 Å². The first kappa shape index (κ1) is 20.0. The average Bonchev–Trinajstić information content (AvgIpc) is 2.66. The number of piperidine rings is 1. The molecular weight excluding hydrogens is 356 g/mol. The highest BCUT2D eigenvalue weighted by Crippen LogP contribution is 2.35. The summed E-state index contributed by atoms with van der Waals surface area (Å²) >= 11 is 1.71. The van der Waals surface area contributed by atoms with Crippen LogP contribution in [0.2, 0.25) is 0 Å². The normalized spacial score (nSPS) is 17.2. The number of hydrogen-bond donors (Lipinski definition) is 1. The summed E-state index contributed by atoms with van der Waals surface area (Å²) in [5, 5.41) is 10.8. The quantitative estimate of drug-likeness (QED) is 0.773. The van der Waals surface area contributed by atoms with Gasteiger partial charge in [-0.1, -0.05) is 19.1 Å². The molecule has 1 aliphatic heterocycles. The Morgan fingerprint density at radius 1 is 1.22 bits per heavy atom. The fourth-order valence-corrected chi connectivity index (χ4v) is 4.46. The maximum Gasteiger partial charge on any atom is 0.259 e. The van der Waals surface area contributed by atoms with Gasteiger partial charge in [0.2, 0.25) is 0 Å². The van der Waals surface area contributed by atoms with Crippen LogP contribution in [-0.2, 0) is 6.54 Å². The number of likely N-dealkylation sites (tertiary alicyclic amines) is 1. The Hall–Kier alpha value is -1.72. The molecule has 1 fully saturated rings. The van der Waals surface area contributed by atoms with Crippen LogP contribution in [0.5, 0.6) is 5.75 Å². The molecule has 2 aromatic rings. The van der Waals surface area contributed by atoms with Gasteiger partial charge in [-0.25, -0.2) is 0 Å². The second-order valence-electron chi connectivity index (χ2n) is 7.53. The molecule has 0 bridgehead atoms. The van der Waals surface area contributed by atoms with Crippen LogP contribution in [0.3, 0.4) is 0 Å². The third-order valence-corrected chi connectivity index (χ3v) is 6.47. The van der Waals surface area contributed by atoms with Crippen molar-refractivity contribution in [2.75, 3.05) is 19.3 Å². The molecule has 0 radical (unpaired) electrons. The highest BCUT2D eigenvalue weighted by Gasteiger charge is 2.31. The lowest BCUT2D eigenvalue weighted by atomic mass is 9.92. The van der Waals surface area contributed by atoms with Gasteiger partial charge in [-0.15, -0.1) is 11.8 Å². The van der Waals surface area contributed by atoms with Crippen molar-refractivity contribution in [3.05, 3.63) is 57.5 Å². The third-order valence-electron chi connectivity index (χ3n) is 5.73. The maximum absolute atomic E-state index is 13.3. The second kappa shape index (κ2) is 8.53. The average molecular weight is 387 g/mol. The predicted molar refractivity (Wildman–Crippen MR) is 113 cm³/mol. The number of hydrogen-bond acceptors (Lipinski definition) is 4. The first-order valence-corrected chi connectivity index (χ1v) is 11.0. The lowest BCUT2D eigenvalue weighted by molar-refractivity contribution is 0.154. The molecule has 1 aliphatic rings. The summed E-state index contributed by atoms with van der Waals surface area (Å²) in [6.45, 7) is 8.61. The molecule has 1 atom stereocenters. The van der Waals surface area contributed by atoms with E-state index in [0.717, 1.165) is 37.2 Å². The van der Waals surface area contributed by atoms with Crippen LogP contribution in [-0.4, -0.2) is 33.9 Å². The minimum atomic E-state index is -0.209. The molecule has 3 rings (SSSR count). The van der Waals surface area contributed by atoms with Crippen molar-refractivity contribution >= 4 is 11.8 Å². The summed E-state index contributed by atoms with van der Waals surface area (Å²) < 4.78 is 1.75. The van der Waals surface area contributed by atoms with Crippen molar-refractivity contribution in [1.82, 2.24) is 9.47 Å². The van der Waals surface area contributed by atoms with Crippen LogP contribution >= 0.6 is 11.8 Å². The summed E-state index contributed by atoms with van der Waals surface area (Å²) in [7, 11) is 0. The Morgan fingerprint density at radius 2 is 1.85 bits per heavy atom. The van der Waals surface area contributed by atoms with Crippen LogP contribution in [0.15, 0.2) is 40.0 Å². The first-order valence-electron chi connectivity index (χ1n) is 9.77. The van der Waals surface area contributed by atoms with Gasteiger partial charge < -0.3 is 9.67 Å². The summed E-state index contributed by atoms with van der Waals surface area (Å²) in [6.07, 6.45) is 4.30. The zero-order valence-corrected chi connectivity index (χ0v) is 17.6. The topological polar surface area (TPSA) is 45.5 Å². The van der Waals surface area contributed by atoms with E-state index in [-0.39, 0.29) is 17.4 Å². The van der Waals surface area contributed by atoms with E-state index in [4.69, 9.17) is 0 Å². The van der Waals surface area contributed by atoms with Gasteiger partial charge >= 0.3 is 0 Å². The summed E-state index contributed by atoms with van der Waals surface area (Å²) in [5.41, 5.74) is 2.30. The van der Waals surface area contributed by atoms with Gasteiger partial charge in [-0.05, 0) is 75.7 Å². The predicted octanol–water partition coefficient (Wildman–Crippen LogP) is 4.43. The van der Waals surface area contributed by atoms with E-state index in [2.05, 4.69) is 42.3 Å². The molecule has 1 N–H and O–H groups in total. The number of pyridine rings is 1. The van der Waals surface area contributed by atoms with Gasteiger partial charge in [0.05, 0.1) is 11.6 Å². The lowest BCUT2D eigenvalue weighted by Crippen LogP contribution is -2.40. The van der Waals surface area contributed by atoms with Crippen LogP contribution in [0.4, 0.5) is 0 Å². The molecule has 2 heterocycles. The molecule has 1 saturated heterocycles. The molecule has 27 heavy (non-hydrogen) atoms. The van der Waals surface area contributed by atoms with Crippen LogP contribution in [0, 0.1) is 12.8 Å². The molecule has 0 aliphatic carbocycles. The number of thioether (sulfide) groups is 1. The molecule has 5 heteroatoms. The Kier molecular flexibility index (Phi) is 6.33. The number of nitrogens with zero attached hydrogens (tertiary/aromatic N) is 2. The smallest absolute Gasteiger partial charge is 0.259 e. The Labute approximate surface area is 166 Å². The lowest BCUT2D eigenvalue weighted by Gasteiger charge is -2.37. The third kappa shape index (κ3) is 4.09. The second-order valence-corrected chi connectivity index (χ2v) is 8.41. The summed E-state index contributed by atoms with van der Waals surface area (Å²) in [4.78, 5) is 16.8. The van der Waals surface area contributed by atoms with Gasteiger partial charge in [0.25, 0.3) is 5.56 Å². The zero-order chi connectivity index (χ0) is 19.6. The Morgan fingerprint density at radius 3 is 2.41 bits per heavy atom. The molecule has 0 amide bonds. The molecule has 0 unspecified atom stereocenters. The SMILES string of the molecule is CCn1c(C)cc(O)c([C@H](c2ccc(SC)cc2)N2CCC(C)CC2)c1=O. The number of benzene rings is 1. The molecule has 146 valence electrons. The number of aryl methyl sites for hydroxylation is 1. The fraction of sp³-hybridized carbons (Fsp3) is 0.500. The highest BCUT2D eigenvalue weighted by molar-refractivity contribution is 7.98. The Bertz CT molecular complexity index is 837. The van der Waals surface area contributed by atoms with E-state index in [1.54, 1.807) is 22.4 Å². The van der Waals surface area contributed by atoms with Crippen molar-refractivity contribution in [3.8, 4) is 5.75 Å². The zero-order valence-electron chi connectivity index (χ0n) is 16.7. The molecule has 0 spiro atoms. The minimum Gasteiger partial charge on any atom is -0.507 e. The summed E-state index contributed by atoms with van der Waals surface area (Å²) in [5.74, 6) is 0.819. The van der Waals surface area contributed by atoms with Gasteiger partial charge in [0, 0.05) is 17.1 Å². The van der Waals surface area contributed by atoms with Crippen LogP contribution in [0.1, 0.15) is 49.6 Å². The molecular formula is C22H30N2O2S. The largest absolute Gasteiger partial charge is 0.507 e. The van der Waals surface area contributed by atoms with E-state index in [1.807, 2.05) is 13.8 Å². The molecule has 1 aromatic heterocycles. The Balaban J connectivity index is 2.14. The van der Waals surface area contributed by atoms with E-state index >= 15 is 0 Å². The maximum atomic E-state index is 13.3. The van der Waals surface area contributed by atoms with Gasteiger partial charge in [0.1, 0.15) is 5.75 Å². The van der Waals surface area contributed by atoms with Gasteiger partial charge in [-0.2, -0.15) is 0 Å². The fourth-order valence-electron chi connectivity index (χ4n) is 4.05. The molecule has 0 saturated carbocycles. The number of rotatable bonds is 5. The monoisotopic (exact) mass is 386 g/mol. The van der Waals surface area contributed by atoms with Crippen LogP contribution < -0.4 is 5.56 Å². The molecule has 1 aromatic carbocycles. The van der Waals surface area contributed by atoms with Crippen molar-refractivity contribution in [2.45, 2.75) is 51.1 Å². The van der Waals surface area contributed by atoms with E-state index < -0.39 is 0 Å². The molecule has 4 nitrogen and oxygen atoms in total. The highest BCUT2D eigenvalue weighted by atomic mass is 32.2. The van der Waals surface area contributed by atoms with Gasteiger partial charge in [-0.3, -0.25) is 9.69 Å². The van der Waals surface area contributed by atoms with Crippen molar-refractivity contribution in [3.63, 3.8) is 0 Å². The van der Waals surface area contributed by atoms with Crippen molar-refractivity contribution in [1.29, 1.82) is 0 Å². The van der Waals surface area contributed by atoms with E-state index in [9.17, 15) is 9.90 Å². The standard InChI is InChI=1S/C22H30N2O2S/c1-5-24-16(3)14-19(25)20(22(24)26)21(23-12-10-15(2)11-13-23)17-6-8-18(27-4)9-7-17/h6-9,14-15,21,25H,5,10-13H2,1-4H3/t21-/m0/s1.